The Hall–Kier alpha value is -3.88. The molecular formula is C23H20F3N3O3. The number of hydrogen-bond acceptors (Lipinski definition) is 4. The van der Waals surface area contributed by atoms with Crippen molar-refractivity contribution >= 4 is 17.8 Å². The van der Waals surface area contributed by atoms with Gasteiger partial charge in [-0.25, -0.2) is 9.78 Å². The number of pyridine rings is 1. The molecule has 0 saturated heterocycles. The summed E-state index contributed by atoms with van der Waals surface area (Å²) in [5.41, 5.74) is 0.355. The predicted molar refractivity (Wildman–Crippen MR) is 113 cm³/mol. The third kappa shape index (κ3) is 5.84. The second-order valence-electron chi connectivity index (χ2n) is 7.00. The number of halogens is 3. The molecule has 9 heteroatoms. The zero-order valence-corrected chi connectivity index (χ0v) is 17.3. The van der Waals surface area contributed by atoms with Gasteiger partial charge in [-0.3, -0.25) is 10.1 Å². The van der Waals surface area contributed by atoms with E-state index in [1.165, 1.54) is 11.8 Å². The van der Waals surface area contributed by atoms with E-state index in [1.807, 2.05) is 0 Å². The van der Waals surface area contributed by atoms with Crippen molar-refractivity contribution < 1.29 is 27.5 Å². The molecule has 1 heterocycles. The average molecular weight is 443 g/mol. The molecule has 0 aliphatic heterocycles. The summed E-state index contributed by atoms with van der Waals surface area (Å²) < 4.78 is 44.8. The molecule has 3 rings (SSSR count). The maximum atomic E-state index is 13.2. The summed E-state index contributed by atoms with van der Waals surface area (Å²) in [5, 5.41) is 2.66. The minimum Gasteiger partial charge on any atom is -0.426 e. The first kappa shape index (κ1) is 22.8. The molecule has 0 spiro atoms. The van der Waals surface area contributed by atoms with Gasteiger partial charge in [-0.15, -0.1) is 0 Å². The Bertz CT molecular complexity index is 1120. The first-order valence-electron chi connectivity index (χ1n) is 9.55. The Morgan fingerprint density at radius 2 is 1.84 bits per heavy atom. The second kappa shape index (κ2) is 9.51. The molecule has 0 unspecified atom stereocenters. The molecule has 1 aromatic heterocycles. The van der Waals surface area contributed by atoms with Crippen LogP contribution >= 0.6 is 0 Å². The molecule has 0 radical (unpaired) electrons. The van der Waals surface area contributed by atoms with E-state index in [2.05, 4.69) is 10.3 Å². The number of nitrogens with one attached hydrogen (secondary N) is 1. The van der Waals surface area contributed by atoms with E-state index in [4.69, 9.17) is 4.74 Å². The number of alkyl halides is 3. The molecule has 0 aliphatic rings. The van der Waals surface area contributed by atoms with Crippen LogP contribution in [0, 0.1) is 0 Å². The number of amides is 2. The molecule has 0 bridgehead atoms. The normalized spacial score (nSPS) is 11.0. The molecule has 0 atom stereocenters. The fourth-order valence-corrected chi connectivity index (χ4v) is 3.00. The van der Waals surface area contributed by atoms with Gasteiger partial charge in [0.25, 0.3) is 0 Å². The average Bonchev–Trinajstić information content (AvgIpc) is 2.73. The van der Waals surface area contributed by atoms with Crippen LogP contribution in [0.5, 0.6) is 5.75 Å². The Morgan fingerprint density at radius 3 is 2.50 bits per heavy atom. The smallest absolute Gasteiger partial charge is 0.416 e. The van der Waals surface area contributed by atoms with Gasteiger partial charge in [-0.1, -0.05) is 24.3 Å². The lowest BCUT2D eigenvalue weighted by Crippen LogP contribution is -2.31. The SMILES string of the molecule is CC(=O)Oc1ccc(C(F)(F)F)cc1-c1cccc(CN(C)C(=O)Nc2ccccn2)c1. The lowest BCUT2D eigenvalue weighted by atomic mass is 9.99. The molecule has 3 aromatic rings. The standard InChI is InChI=1S/C23H20F3N3O3/c1-15(30)32-20-10-9-18(23(24,25)26)13-19(20)17-7-5-6-16(12-17)14-29(2)22(31)28-21-8-3-4-11-27-21/h3-13H,14H2,1-2H3,(H,27,28,31). The zero-order valence-electron chi connectivity index (χ0n) is 17.3. The summed E-state index contributed by atoms with van der Waals surface area (Å²) in [6.45, 7) is 1.36. The van der Waals surface area contributed by atoms with Crippen LogP contribution in [-0.4, -0.2) is 28.9 Å². The number of rotatable bonds is 5. The van der Waals surface area contributed by atoms with Crippen molar-refractivity contribution in [3.8, 4) is 16.9 Å². The number of urea groups is 1. The number of nitrogens with zero attached hydrogens (tertiary/aromatic N) is 2. The van der Waals surface area contributed by atoms with Crippen LogP contribution in [0.25, 0.3) is 11.1 Å². The van der Waals surface area contributed by atoms with Crippen LogP contribution in [0.3, 0.4) is 0 Å². The highest BCUT2D eigenvalue weighted by Gasteiger charge is 2.31. The van der Waals surface area contributed by atoms with Crippen molar-refractivity contribution in [2.45, 2.75) is 19.6 Å². The number of aromatic nitrogens is 1. The minimum atomic E-state index is -4.55. The summed E-state index contributed by atoms with van der Waals surface area (Å²) in [4.78, 5) is 29.3. The molecular weight excluding hydrogens is 423 g/mol. The van der Waals surface area contributed by atoms with Gasteiger partial charge in [0.15, 0.2) is 0 Å². The maximum Gasteiger partial charge on any atom is 0.416 e. The van der Waals surface area contributed by atoms with Crippen molar-refractivity contribution in [1.82, 2.24) is 9.88 Å². The van der Waals surface area contributed by atoms with E-state index in [1.54, 1.807) is 55.7 Å². The van der Waals surface area contributed by atoms with Gasteiger partial charge in [0.1, 0.15) is 11.6 Å². The van der Waals surface area contributed by atoms with Crippen LogP contribution in [0.15, 0.2) is 66.9 Å². The van der Waals surface area contributed by atoms with Gasteiger partial charge in [0.05, 0.1) is 5.56 Å². The molecule has 2 amide bonds. The Labute approximate surface area is 182 Å². The zero-order chi connectivity index (χ0) is 23.3. The van der Waals surface area contributed by atoms with E-state index < -0.39 is 23.7 Å². The first-order chi connectivity index (χ1) is 15.1. The third-order valence-corrected chi connectivity index (χ3v) is 4.46. The van der Waals surface area contributed by atoms with Crippen LogP contribution < -0.4 is 10.1 Å². The minimum absolute atomic E-state index is 0.0175. The number of carbonyl (C=O) groups excluding carboxylic acids is 2. The fraction of sp³-hybridized carbons (Fsp3) is 0.174. The van der Waals surface area contributed by atoms with Gasteiger partial charge < -0.3 is 9.64 Å². The van der Waals surface area contributed by atoms with Gasteiger partial charge in [-0.05, 0) is 47.5 Å². The van der Waals surface area contributed by atoms with Crippen LogP contribution in [-0.2, 0) is 17.5 Å². The Balaban J connectivity index is 1.86. The van der Waals surface area contributed by atoms with Crippen molar-refractivity contribution in [2.75, 3.05) is 12.4 Å². The summed E-state index contributed by atoms with van der Waals surface area (Å²) in [6, 6.07) is 14.3. The van der Waals surface area contributed by atoms with Crippen LogP contribution in [0.2, 0.25) is 0 Å². The van der Waals surface area contributed by atoms with Crippen molar-refractivity contribution in [3.05, 3.63) is 78.0 Å². The summed E-state index contributed by atoms with van der Waals surface area (Å²) in [7, 11) is 1.58. The molecule has 0 fully saturated rings. The molecule has 0 aliphatic carbocycles. The van der Waals surface area contributed by atoms with E-state index in [0.29, 0.717) is 16.9 Å². The van der Waals surface area contributed by atoms with Gasteiger partial charge in [-0.2, -0.15) is 13.2 Å². The highest BCUT2D eigenvalue weighted by molar-refractivity contribution is 5.88. The Kier molecular flexibility index (Phi) is 6.77. The topological polar surface area (TPSA) is 71.5 Å². The molecule has 6 nitrogen and oxygen atoms in total. The quantitative estimate of drug-likeness (QED) is 0.426. The molecule has 1 N–H and O–H groups in total. The summed E-state index contributed by atoms with van der Waals surface area (Å²) >= 11 is 0. The molecule has 2 aromatic carbocycles. The van der Waals surface area contributed by atoms with Crippen molar-refractivity contribution in [2.24, 2.45) is 0 Å². The van der Waals surface area contributed by atoms with E-state index in [-0.39, 0.29) is 17.9 Å². The highest BCUT2D eigenvalue weighted by Crippen LogP contribution is 2.37. The number of ether oxygens (including phenoxy) is 1. The fourth-order valence-electron chi connectivity index (χ4n) is 3.00. The van der Waals surface area contributed by atoms with Gasteiger partial charge >= 0.3 is 18.2 Å². The highest BCUT2D eigenvalue weighted by atomic mass is 19.4. The summed E-state index contributed by atoms with van der Waals surface area (Å²) in [6.07, 6.45) is -3.00. The predicted octanol–water partition coefficient (Wildman–Crippen LogP) is 5.36. The number of carbonyl (C=O) groups is 2. The maximum absolute atomic E-state index is 13.2. The molecule has 166 valence electrons. The largest absolute Gasteiger partial charge is 0.426 e. The van der Waals surface area contributed by atoms with Crippen LogP contribution in [0.4, 0.5) is 23.8 Å². The number of hydrogen-bond donors (Lipinski definition) is 1. The van der Waals surface area contributed by atoms with Crippen LogP contribution in [0.1, 0.15) is 18.1 Å². The van der Waals surface area contributed by atoms with Gasteiger partial charge in [0.2, 0.25) is 0 Å². The first-order valence-corrected chi connectivity index (χ1v) is 9.55. The lowest BCUT2D eigenvalue weighted by molar-refractivity contribution is -0.137. The number of esters is 1. The number of benzene rings is 2. The second-order valence-corrected chi connectivity index (χ2v) is 7.00. The molecule has 32 heavy (non-hydrogen) atoms. The van der Waals surface area contributed by atoms with Crippen molar-refractivity contribution in [3.63, 3.8) is 0 Å². The lowest BCUT2D eigenvalue weighted by Gasteiger charge is -2.19. The third-order valence-electron chi connectivity index (χ3n) is 4.46. The Morgan fingerprint density at radius 1 is 1.06 bits per heavy atom. The van der Waals surface area contributed by atoms with E-state index in [9.17, 15) is 22.8 Å². The van der Waals surface area contributed by atoms with E-state index >= 15 is 0 Å². The monoisotopic (exact) mass is 443 g/mol. The van der Waals surface area contributed by atoms with Crippen molar-refractivity contribution in [1.29, 1.82) is 0 Å². The van der Waals surface area contributed by atoms with E-state index in [0.717, 1.165) is 18.2 Å². The molecule has 0 saturated carbocycles. The van der Waals surface area contributed by atoms with Gasteiger partial charge in [0, 0.05) is 32.3 Å². The summed E-state index contributed by atoms with van der Waals surface area (Å²) in [5.74, 6) is -0.231. The number of anilines is 1.